The molecular weight excluding hydrogens is 682 g/mol. The first kappa shape index (κ1) is 32.9. The van der Waals surface area contributed by atoms with Gasteiger partial charge in [0.05, 0.1) is 42.9 Å². The standard InChI is InChI=1S/C31H25Cl5N6O3/c1-5-19(43)40-8-10-41(11-9-40)28-16-12-18(32)26(20-21(33)23(35)24(36)29(44)22(20)34)39-30(16)42(31(45)17(28)13-37)27-15(4)6-7-38-25(27)14(2)3/h5-7,12,14,44H,1,8-11H2,2-4H3. The van der Waals surface area contributed by atoms with Gasteiger partial charge < -0.3 is 14.9 Å². The Morgan fingerprint density at radius 3 is 2.33 bits per heavy atom. The minimum absolute atomic E-state index is 0.00517. The quantitative estimate of drug-likeness (QED) is 0.129. The lowest BCUT2D eigenvalue weighted by Gasteiger charge is -2.36. The Morgan fingerprint density at radius 2 is 1.73 bits per heavy atom. The lowest BCUT2D eigenvalue weighted by Crippen LogP contribution is -2.49. The van der Waals surface area contributed by atoms with Crippen molar-refractivity contribution >= 4 is 80.6 Å². The Morgan fingerprint density at radius 1 is 1.07 bits per heavy atom. The summed E-state index contributed by atoms with van der Waals surface area (Å²) in [4.78, 5) is 39.6. The van der Waals surface area contributed by atoms with Crippen LogP contribution in [0.25, 0.3) is 28.0 Å². The molecule has 1 aliphatic heterocycles. The summed E-state index contributed by atoms with van der Waals surface area (Å²) in [6.45, 7) is 10.6. The first-order valence-electron chi connectivity index (χ1n) is 13.7. The highest BCUT2D eigenvalue weighted by atomic mass is 35.5. The molecule has 0 aliphatic carbocycles. The molecular formula is C31H25Cl5N6O3. The zero-order valence-corrected chi connectivity index (χ0v) is 28.0. The number of aryl methyl sites for hydroxylation is 1. The first-order valence-corrected chi connectivity index (χ1v) is 15.6. The van der Waals surface area contributed by atoms with Crippen molar-refractivity contribution in [3.8, 4) is 28.8 Å². The highest BCUT2D eigenvalue weighted by Gasteiger charge is 2.31. The summed E-state index contributed by atoms with van der Waals surface area (Å²) in [6, 6.07) is 5.44. The molecule has 0 spiro atoms. The van der Waals surface area contributed by atoms with Gasteiger partial charge in [-0.15, -0.1) is 0 Å². The number of phenolic OH excluding ortho intramolecular Hbond substituents is 1. The van der Waals surface area contributed by atoms with Gasteiger partial charge in [-0.2, -0.15) is 5.26 Å². The third-order valence-electron chi connectivity index (χ3n) is 7.67. The van der Waals surface area contributed by atoms with Gasteiger partial charge in [0.15, 0.2) is 5.75 Å². The molecule has 4 aromatic rings. The van der Waals surface area contributed by atoms with Gasteiger partial charge in [0.25, 0.3) is 5.56 Å². The largest absolute Gasteiger partial charge is 0.505 e. The number of hydrogen-bond donors (Lipinski definition) is 1. The van der Waals surface area contributed by atoms with Gasteiger partial charge in [0.1, 0.15) is 22.3 Å². The van der Waals surface area contributed by atoms with Gasteiger partial charge in [0.2, 0.25) is 5.91 Å². The number of halogens is 5. The van der Waals surface area contributed by atoms with Crippen LogP contribution in [-0.2, 0) is 4.79 Å². The molecule has 1 aliphatic rings. The number of pyridine rings is 3. The summed E-state index contributed by atoms with van der Waals surface area (Å²) in [7, 11) is 0. The van der Waals surface area contributed by atoms with Crippen LogP contribution in [0.3, 0.4) is 0 Å². The molecule has 0 atom stereocenters. The van der Waals surface area contributed by atoms with Gasteiger partial charge in [0, 0.05) is 43.3 Å². The molecule has 5 rings (SSSR count). The third kappa shape index (κ3) is 5.49. The molecule has 45 heavy (non-hydrogen) atoms. The summed E-state index contributed by atoms with van der Waals surface area (Å²) >= 11 is 32.4. The van der Waals surface area contributed by atoms with Gasteiger partial charge in [-0.1, -0.05) is 78.4 Å². The van der Waals surface area contributed by atoms with E-state index in [-0.39, 0.29) is 59.4 Å². The number of anilines is 1. The van der Waals surface area contributed by atoms with E-state index in [0.29, 0.717) is 54.2 Å². The summed E-state index contributed by atoms with van der Waals surface area (Å²) in [6.07, 6.45) is 2.90. The second-order valence-electron chi connectivity index (χ2n) is 10.7. The average molecular weight is 707 g/mol. The lowest BCUT2D eigenvalue weighted by molar-refractivity contribution is -0.126. The molecule has 232 valence electrons. The van der Waals surface area contributed by atoms with Crippen LogP contribution < -0.4 is 10.5 Å². The van der Waals surface area contributed by atoms with E-state index in [9.17, 15) is 20.0 Å². The van der Waals surface area contributed by atoms with Crippen molar-refractivity contribution in [1.82, 2.24) is 19.4 Å². The number of piperazine rings is 1. The molecule has 1 N–H and O–H groups in total. The molecule has 1 aromatic carbocycles. The smallest absolute Gasteiger partial charge is 0.276 e. The van der Waals surface area contributed by atoms with Crippen molar-refractivity contribution in [3.63, 3.8) is 0 Å². The maximum atomic E-state index is 14.4. The fourth-order valence-electron chi connectivity index (χ4n) is 5.47. The molecule has 1 saturated heterocycles. The topological polar surface area (TPSA) is 115 Å². The summed E-state index contributed by atoms with van der Waals surface area (Å²) < 4.78 is 1.35. The highest BCUT2D eigenvalue weighted by molar-refractivity contribution is 6.52. The fourth-order valence-corrected chi connectivity index (χ4v) is 6.79. The van der Waals surface area contributed by atoms with Crippen LogP contribution in [0, 0.1) is 18.3 Å². The maximum absolute atomic E-state index is 14.4. The number of carbonyl (C=O) groups is 1. The number of nitrogens with zero attached hydrogens (tertiary/aromatic N) is 6. The van der Waals surface area contributed by atoms with Crippen LogP contribution in [0.15, 0.2) is 35.8 Å². The number of aromatic hydroxyl groups is 1. The Labute approximate surface area is 283 Å². The summed E-state index contributed by atoms with van der Waals surface area (Å²) in [5.41, 5.74) is 1.50. The lowest BCUT2D eigenvalue weighted by atomic mass is 10.0. The van der Waals surface area contributed by atoms with Crippen molar-refractivity contribution in [3.05, 3.63) is 83.3 Å². The normalized spacial score (nSPS) is 13.4. The Hall–Kier alpha value is -3.52. The number of rotatable bonds is 5. The van der Waals surface area contributed by atoms with Crippen molar-refractivity contribution in [2.75, 3.05) is 31.1 Å². The van der Waals surface area contributed by atoms with Crippen molar-refractivity contribution in [2.45, 2.75) is 26.7 Å². The van der Waals surface area contributed by atoms with Crippen LogP contribution in [0.4, 0.5) is 5.69 Å². The van der Waals surface area contributed by atoms with Crippen LogP contribution in [-0.4, -0.2) is 56.6 Å². The van der Waals surface area contributed by atoms with E-state index < -0.39 is 11.3 Å². The van der Waals surface area contributed by atoms with Crippen molar-refractivity contribution in [1.29, 1.82) is 5.26 Å². The average Bonchev–Trinajstić information content (AvgIpc) is 3.02. The molecule has 0 radical (unpaired) electrons. The van der Waals surface area contributed by atoms with E-state index in [0.717, 1.165) is 0 Å². The number of phenols is 1. The van der Waals surface area contributed by atoms with E-state index in [2.05, 4.69) is 17.6 Å². The van der Waals surface area contributed by atoms with Gasteiger partial charge in [-0.3, -0.25) is 19.1 Å². The van der Waals surface area contributed by atoms with E-state index in [1.54, 1.807) is 23.2 Å². The molecule has 0 unspecified atom stereocenters. The van der Waals surface area contributed by atoms with Crippen LogP contribution in [0.1, 0.15) is 36.6 Å². The Kier molecular flexibility index (Phi) is 9.28. The Balaban J connectivity index is 1.93. The zero-order chi connectivity index (χ0) is 32.9. The number of nitriles is 1. The molecule has 1 amide bonds. The number of amides is 1. The summed E-state index contributed by atoms with van der Waals surface area (Å²) in [5, 5.41) is 20.7. The first-order chi connectivity index (χ1) is 21.3. The highest BCUT2D eigenvalue weighted by Crippen LogP contribution is 2.51. The van der Waals surface area contributed by atoms with E-state index in [4.69, 9.17) is 63.0 Å². The fraction of sp³-hybridized carbons (Fsp3) is 0.258. The maximum Gasteiger partial charge on any atom is 0.276 e. The van der Waals surface area contributed by atoms with Crippen molar-refractivity contribution in [2.24, 2.45) is 0 Å². The molecule has 0 bridgehead atoms. The molecule has 1 fully saturated rings. The number of hydrogen-bond acceptors (Lipinski definition) is 7. The zero-order valence-electron chi connectivity index (χ0n) is 24.3. The van der Waals surface area contributed by atoms with E-state index in [1.807, 2.05) is 25.7 Å². The van der Waals surface area contributed by atoms with Crippen LogP contribution in [0.5, 0.6) is 5.75 Å². The SMILES string of the molecule is C=CC(=O)N1CCN(c2c(C#N)c(=O)n(-c3c(C)ccnc3C(C)C)c3nc(-c4c(Cl)c(O)c(Cl)c(Cl)c4Cl)c(Cl)cc23)CC1. The molecule has 14 heteroatoms. The minimum atomic E-state index is -0.627. The predicted octanol–water partition coefficient (Wildman–Crippen LogP) is 7.56. The minimum Gasteiger partial charge on any atom is -0.505 e. The van der Waals surface area contributed by atoms with Crippen LogP contribution >= 0.6 is 58.0 Å². The second-order valence-corrected chi connectivity index (χ2v) is 12.6. The number of aromatic nitrogens is 3. The number of fused-ring (bicyclic) bond motifs is 1. The van der Waals surface area contributed by atoms with Crippen molar-refractivity contribution < 1.29 is 9.90 Å². The molecule has 3 aromatic heterocycles. The number of carbonyl (C=O) groups excluding carboxylic acids is 1. The second kappa shape index (κ2) is 12.7. The van der Waals surface area contributed by atoms with Gasteiger partial charge >= 0.3 is 0 Å². The van der Waals surface area contributed by atoms with E-state index >= 15 is 0 Å². The molecule has 0 saturated carbocycles. The monoisotopic (exact) mass is 704 g/mol. The van der Waals surface area contributed by atoms with E-state index in [1.165, 1.54) is 10.6 Å². The Bertz CT molecular complexity index is 1980. The van der Waals surface area contributed by atoms with Gasteiger partial charge in [-0.25, -0.2) is 4.98 Å². The molecule has 9 nitrogen and oxygen atoms in total. The van der Waals surface area contributed by atoms with Gasteiger partial charge in [-0.05, 0) is 36.6 Å². The van der Waals surface area contributed by atoms with Crippen LogP contribution in [0.2, 0.25) is 25.1 Å². The number of benzene rings is 1. The third-order valence-corrected chi connectivity index (χ3v) is 9.65. The molecule has 4 heterocycles. The predicted molar refractivity (Wildman–Crippen MR) is 180 cm³/mol. The summed E-state index contributed by atoms with van der Waals surface area (Å²) in [5.74, 6) is -0.836.